The molecule has 8 aromatic rings. The van der Waals surface area contributed by atoms with E-state index in [-0.39, 0.29) is 35.5 Å². The molecule has 0 N–H and O–H groups in total. The summed E-state index contributed by atoms with van der Waals surface area (Å²) in [5, 5.41) is 6.19. The fourth-order valence-corrected chi connectivity index (χ4v) is 20.1. The van der Waals surface area contributed by atoms with Crippen molar-refractivity contribution in [3.05, 3.63) is 192 Å². The fraction of sp³-hybridized carbons (Fsp3) is 0.381. The third-order valence-electron chi connectivity index (χ3n) is 19.6. The minimum atomic E-state index is -0.0875. The van der Waals surface area contributed by atoms with Gasteiger partial charge in [0.1, 0.15) is 0 Å². The second-order valence-electron chi connectivity index (χ2n) is 26.4. The number of nitrogens with zero attached hydrogens (tertiary/aromatic N) is 4. The van der Waals surface area contributed by atoms with E-state index >= 15 is 19.2 Å². The normalized spacial score (nSPS) is 15.7. The first kappa shape index (κ1) is 71.5. The van der Waals surface area contributed by atoms with Crippen LogP contribution in [0.3, 0.4) is 0 Å². The van der Waals surface area contributed by atoms with Crippen molar-refractivity contribution < 1.29 is 19.2 Å². The second kappa shape index (κ2) is 33.4. The van der Waals surface area contributed by atoms with Gasteiger partial charge in [0.2, 0.25) is 0 Å². The Morgan fingerprint density at radius 3 is 0.889 bits per heavy atom. The number of rotatable bonds is 30. The quantitative estimate of drug-likeness (QED) is 0.0420. The summed E-state index contributed by atoms with van der Waals surface area (Å²) in [5.74, 6) is 21.9. The van der Waals surface area contributed by atoms with E-state index in [4.69, 9.17) is 0 Å². The van der Waals surface area contributed by atoms with Gasteiger partial charge in [-0.05, 0) is 150 Å². The molecule has 11 heterocycles. The number of benzene rings is 1. The minimum Gasteiger partial charge on any atom is -0.306 e. The van der Waals surface area contributed by atoms with Crippen molar-refractivity contribution in [3.8, 4) is 55.0 Å². The molecule has 4 atom stereocenters. The van der Waals surface area contributed by atoms with Crippen LogP contribution in [0.25, 0.3) is 42.3 Å². The Kier molecular flexibility index (Phi) is 24.1. The Hall–Kier alpha value is -7.36. The molecule has 8 nitrogen and oxygen atoms in total. The van der Waals surface area contributed by atoms with Crippen molar-refractivity contribution in [1.29, 1.82) is 0 Å². The van der Waals surface area contributed by atoms with Crippen molar-refractivity contribution in [1.82, 2.24) is 19.6 Å². The molecule has 15 heteroatoms. The van der Waals surface area contributed by atoms with Crippen LogP contribution in [0.4, 0.5) is 0 Å². The Bertz CT molecular complexity index is 4340. The maximum Gasteiger partial charge on any atom is 0.261 e. The second-order valence-corrected chi connectivity index (χ2v) is 33.5. The van der Waals surface area contributed by atoms with Gasteiger partial charge in [-0.1, -0.05) is 186 Å². The maximum absolute atomic E-state index is 15.3. The lowest BCUT2D eigenvalue weighted by atomic mass is 9.98. The molecule has 12 rings (SSSR count). The van der Waals surface area contributed by atoms with Gasteiger partial charge in [-0.15, -0.1) is 79.4 Å². The van der Waals surface area contributed by atoms with Gasteiger partial charge in [-0.2, -0.15) is 0 Å². The van der Waals surface area contributed by atoms with E-state index in [0.29, 0.717) is 71.7 Å². The SMILES string of the molecule is CCCCC(CC)CN1C(=O)C2=C(c3ccc(C#Cc4cc(C#Cc5ccc(C6=C7C(=O)N(CC(CC)CCCC)C(c8cccs8)=C7C(=O)N6CC(CC)CCCC)s5)cc(C#Cc5ccc(-c6ccc(-c7cccs7)s6)s5)c4)s3)N(CC(CC)CCCC)C(=O)C2=C1c1cccs1. The highest BCUT2D eigenvalue weighted by molar-refractivity contribution is 7.26. The number of unbranched alkanes of at least 4 members (excludes halogenated alkanes) is 4. The molecular formula is C84H88N4O4S7. The van der Waals surface area contributed by atoms with Gasteiger partial charge < -0.3 is 19.6 Å². The van der Waals surface area contributed by atoms with Crippen molar-refractivity contribution in [2.75, 3.05) is 26.2 Å². The van der Waals surface area contributed by atoms with E-state index in [1.807, 2.05) is 85.0 Å². The summed E-state index contributed by atoms with van der Waals surface area (Å²) in [6.45, 7) is 19.9. The largest absolute Gasteiger partial charge is 0.306 e. The first-order valence-corrected chi connectivity index (χ1v) is 41.8. The van der Waals surface area contributed by atoms with E-state index in [9.17, 15) is 0 Å². The van der Waals surface area contributed by atoms with Crippen molar-refractivity contribution >= 4 is 126 Å². The zero-order valence-electron chi connectivity index (χ0n) is 58.3. The summed E-state index contributed by atoms with van der Waals surface area (Å²) >= 11 is 11.4. The van der Waals surface area contributed by atoms with Gasteiger partial charge in [0, 0.05) is 62.4 Å². The van der Waals surface area contributed by atoms with Crippen LogP contribution in [0.5, 0.6) is 0 Å². The predicted octanol–water partition coefficient (Wildman–Crippen LogP) is 22.1. The average Bonchev–Trinajstić information content (AvgIpc) is 1.56. The smallest absolute Gasteiger partial charge is 0.261 e. The molecule has 0 saturated carbocycles. The molecule has 510 valence electrons. The third kappa shape index (κ3) is 15.8. The van der Waals surface area contributed by atoms with Gasteiger partial charge in [-0.3, -0.25) is 19.2 Å². The Labute approximate surface area is 614 Å². The summed E-state index contributed by atoms with van der Waals surface area (Å²) in [6.07, 6.45) is 16.5. The van der Waals surface area contributed by atoms with Gasteiger partial charge >= 0.3 is 0 Å². The van der Waals surface area contributed by atoms with Gasteiger partial charge in [0.15, 0.2) is 0 Å². The first-order valence-electron chi connectivity index (χ1n) is 35.9. The van der Waals surface area contributed by atoms with E-state index < -0.39 is 0 Å². The fourth-order valence-electron chi connectivity index (χ4n) is 13.9. The molecule has 4 unspecified atom stereocenters. The average molecular weight is 1440 g/mol. The molecule has 0 radical (unpaired) electrons. The molecule has 4 aliphatic heterocycles. The van der Waals surface area contributed by atoms with Crippen LogP contribution in [-0.2, 0) is 19.2 Å². The van der Waals surface area contributed by atoms with Crippen molar-refractivity contribution in [2.45, 2.75) is 158 Å². The number of fused-ring (bicyclic) bond motifs is 2. The molecule has 0 saturated heterocycles. The summed E-state index contributed by atoms with van der Waals surface area (Å²) in [5.41, 5.74) is 7.29. The molecule has 7 aromatic heterocycles. The van der Waals surface area contributed by atoms with Gasteiger partial charge in [-0.25, -0.2) is 0 Å². The molecular weight excluding hydrogens is 1350 g/mol. The molecule has 4 aliphatic rings. The highest BCUT2D eigenvalue weighted by Gasteiger charge is 2.52. The Balaban J connectivity index is 0.920. The van der Waals surface area contributed by atoms with E-state index in [0.717, 1.165) is 165 Å². The maximum atomic E-state index is 15.3. The summed E-state index contributed by atoms with van der Waals surface area (Å²) < 4.78 is 0. The van der Waals surface area contributed by atoms with Crippen LogP contribution in [0.15, 0.2) is 142 Å². The van der Waals surface area contributed by atoms with Crippen LogP contribution in [0.2, 0.25) is 0 Å². The number of hydrogen-bond donors (Lipinski definition) is 0. The van der Waals surface area contributed by atoms with E-state index in [1.165, 1.54) is 42.2 Å². The number of carbonyl (C=O) groups excluding carboxylic acids is 4. The summed E-state index contributed by atoms with van der Waals surface area (Å²) in [6, 6.07) is 35.3. The van der Waals surface area contributed by atoms with E-state index in [2.05, 4.69) is 145 Å². The Morgan fingerprint density at radius 1 is 0.313 bits per heavy atom. The lowest BCUT2D eigenvalue weighted by molar-refractivity contribution is -0.124. The summed E-state index contributed by atoms with van der Waals surface area (Å²) in [4.78, 5) is 80.0. The highest BCUT2D eigenvalue weighted by Crippen LogP contribution is 2.52. The van der Waals surface area contributed by atoms with Crippen molar-refractivity contribution in [3.63, 3.8) is 0 Å². The monoisotopic (exact) mass is 1440 g/mol. The van der Waals surface area contributed by atoms with Crippen LogP contribution in [0, 0.1) is 59.2 Å². The molecule has 0 fully saturated rings. The number of amides is 4. The predicted molar refractivity (Wildman–Crippen MR) is 420 cm³/mol. The standard InChI is InChI=1S/C84H88N4O4S7/c1-9-17-24-55(13-5)51-85-77(69-29-22-46-94-69)73-75(83(85)91)79(87(81(73)89)53-57(15-7)26-19-11-3)71-41-38-63(97-71)35-32-60-48-59(31-34-62-37-40-67(96-62)68-44-43-66(99-68)65-28-21-45-93-65)49-61(50-60)33-36-64-39-42-72(98-64)80-76-74(82(90)88(80)54-58(16-8)27-20-12-4)78(70-30-23-47-95-70)86(84(76)92)52-56(14-6)25-18-10-2/h21-23,28-30,37-50,55-58H,9-20,24-27,51-54H2,1-8H3. The lowest BCUT2D eigenvalue weighted by Crippen LogP contribution is -2.34. The molecule has 4 amide bonds. The third-order valence-corrected chi connectivity index (χ3v) is 26.7. The molecule has 0 spiro atoms. The Morgan fingerprint density at radius 2 is 0.586 bits per heavy atom. The number of carbonyl (C=O) groups is 4. The topological polar surface area (TPSA) is 81.2 Å². The van der Waals surface area contributed by atoms with Gasteiger partial charge in [0.25, 0.3) is 23.6 Å². The molecule has 1 aromatic carbocycles. The van der Waals surface area contributed by atoms with Crippen LogP contribution in [-0.4, -0.2) is 69.4 Å². The van der Waals surface area contributed by atoms with Gasteiger partial charge in [0.05, 0.1) is 79.2 Å². The zero-order valence-corrected chi connectivity index (χ0v) is 64.0. The molecule has 99 heavy (non-hydrogen) atoms. The zero-order chi connectivity index (χ0) is 69.1. The van der Waals surface area contributed by atoms with Crippen LogP contribution in [0.1, 0.15) is 209 Å². The van der Waals surface area contributed by atoms with E-state index in [1.54, 1.807) is 56.7 Å². The van der Waals surface area contributed by atoms with Crippen molar-refractivity contribution in [2.24, 2.45) is 23.7 Å². The number of hydrogen-bond acceptors (Lipinski definition) is 11. The lowest BCUT2D eigenvalue weighted by Gasteiger charge is -2.29. The molecule has 0 bridgehead atoms. The molecule has 0 aliphatic carbocycles. The first-order chi connectivity index (χ1) is 48.4. The van der Waals surface area contributed by atoms with Crippen LogP contribution < -0.4 is 0 Å². The van der Waals surface area contributed by atoms with Crippen LogP contribution >= 0.6 is 79.4 Å². The highest BCUT2D eigenvalue weighted by atomic mass is 32.1. The minimum absolute atomic E-state index is 0.0875. The summed E-state index contributed by atoms with van der Waals surface area (Å²) in [7, 11) is 0. The number of thiophene rings is 7.